The molecular weight excluding hydrogens is 378 g/mol. The van der Waals surface area contributed by atoms with Crippen molar-refractivity contribution in [3.63, 3.8) is 0 Å². The molecule has 1 heterocycles. The van der Waals surface area contributed by atoms with Crippen molar-refractivity contribution in [3.8, 4) is 11.5 Å². The number of hydrogen-bond acceptors (Lipinski definition) is 4. The second-order valence-electron chi connectivity index (χ2n) is 8.25. The number of carbonyl (C=O) groups excluding carboxylic acids is 2. The summed E-state index contributed by atoms with van der Waals surface area (Å²) in [5.74, 6) is 2.14. The highest BCUT2D eigenvalue weighted by Gasteiger charge is 2.28. The van der Waals surface area contributed by atoms with Crippen molar-refractivity contribution in [2.45, 2.75) is 25.7 Å². The fraction of sp³-hybridized carbons (Fsp3) is 0.417. The molecule has 1 saturated carbocycles. The van der Waals surface area contributed by atoms with E-state index in [9.17, 15) is 9.59 Å². The summed E-state index contributed by atoms with van der Waals surface area (Å²) in [5.41, 5.74) is 0.698. The fourth-order valence-electron chi connectivity index (χ4n) is 3.79. The van der Waals surface area contributed by atoms with E-state index in [1.54, 1.807) is 0 Å². The van der Waals surface area contributed by atoms with Gasteiger partial charge in [-0.15, -0.1) is 0 Å². The van der Waals surface area contributed by atoms with Gasteiger partial charge < -0.3 is 15.4 Å². The highest BCUT2D eigenvalue weighted by molar-refractivity contribution is 5.92. The largest absolute Gasteiger partial charge is 0.457 e. The van der Waals surface area contributed by atoms with Crippen molar-refractivity contribution < 1.29 is 14.3 Å². The molecule has 0 spiro atoms. The lowest BCUT2D eigenvalue weighted by atomic mass is 9.97. The lowest BCUT2D eigenvalue weighted by Crippen LogP contribution is -2.45. The maximum absolute atomic E-state index is 12.6. The van der Waals surface area contributed by atoms with E-state index in [-0.39, 0.29) is 24.3 Å². The molecule has 0 aromatic heterocycles. The number of nitrogens with zero attached hydrogens (tertiary/aromatic N) is 1. The minimum atomic E-state index is -0.0779. The number of likely N-dealkylation sites (tertiary alicyclic amines) is 1. The van der Waals surface area contributed by atoms with Gasteiger partial charge >= 0.3 is 0 Å². The van der Waals surface area contributed by atoms with Crippen molar-refractivity contribution in [2.24, 2.45) is 11.8 Å². The first-order valence-electron chi connectivity index (χ1n) is 10.8. The van der Waals surface area contributed by atoms with Crippen LogP contribution in [-0.2, 0) is 9.59 Å². The van der Waals surface area contributed by atoms with E-state index in [0.29, 0.717) is 23.9 Å². The van der Waals surface area contributed by atoms with E-state index in [0.717, 1.165) is 31.7 Å². The summed E-state index contributed by atoms with van der Waals surface area (Å²) >= 11 is 0. The molecular formula is C24H29N3O3. The zero-order chi connectivity index (χ0) is 20.8. The third-order valence-electron chi connectivity index (χ3n) is 5.60. The number of piperidine rings is 1. The van der Waals surface area contributed by atoms with Crippen molar-refractivity contribution >= 4 is 17.5 Å². The molecule has 30 heavy (non-hydrogen) atoms. The Morgan fingerprint density at radius 3 is 2.60 bits per heavy atom. The maximum atomic E-state index is 12.6. The van der Waals surface area contributed by atoms with E-state index in [2.05, 4.69) is 15.5 Å². The molecule has 2 N–H and O–H groups in total. The predicted octanol–water partition coefficient (Wildman–Crippen LogP) is 3.66. The molecule has 2 aliphatic rings. The molecule has 2 aromatic rings. The number of amides is 2. The lowest BCUT2D eigenvalue weighted by molar-refractivity contribution is -0.128. The van der Waals surface area contributed by atoms with Crippen LogP contribution in [0.5, 0.6) is 11.5 Å². The van der Waals surface area contributed by atoms with Gasteiger partial charge in [-0.05, 0) is 62.4 Å². The van der Waals surface area contributed by atoms with Crippen LogP contribution in [0.3, 0.4) is 0 Å². The highest BCUT2D eigenvalue weighted by atomic mass is 16.5. The molecule has 158 valence electrons. The third-order valence-corrected chi connectivity index (χ3v) is 5.60. The monoisotopic (exact) mass is 407 g/mol. The molecule has 0 bridgehead atoms. The van der Waals surface area contributed by atoms with Crippen LogP contribution >= 0.6 is 0 Å². The van der Waals surface area contributed by atoms with Crippen LogP contribution < -0.4 is 15.4 Å². The molecule has 2 amide bonds. The van der Waals surface area contributed by atoms with Gasteiger partial charge in [0.2, 0.25) is 11.8 Å². The summed E-state index contributed by atoms with van der Waals surface area (Å²) < 4.78 is 5.83. The maximum Gasteiger partial charge on any atom is 0.238 e. The molecule has 4 rings (SSSR count). The van der Waals surface area contributed by atoms with Crippen LogP contribution in [0.25, 0.3) is 0 Å². The van der Waals surface area contributed by atoms with Crippen molar-refractivity contribution in [1.82, 2.24) is 10.2 Å². The molecule has 1 saturated heterocycles. The Morgan fingerprint density at radius 1 is 1.00 bits per heavy atom. The van der Waals surface area contributed by atoms with Gasteiger partial charge in [0.15, 0.2) is 0 Å². The van der Waals surface area contributed by atoms with E-state index < -0.39 is 0 Å². The van der Waals surface area contributed by atoms with Gasteiger partial charge in [-0.2, -0.15) is 0 Å². The van der Waals surface area contributed by atoms with Crippen molar-refractivity contribution in [2.75, 3.05) is 31.5 Å². The average Bonchev–Trinajstić information content (AvgIpc) is 3.58. The number of benzene rings is 2. The SMILES string of the molecule is O=C(CN1CCCC(C(=O)NCC2CC2)C1)Nc1cccc(Oc2ccccc2)c1. The fourth-order valence-corrected chi connectivity index (χ4v) is 3.79. The Bertz CT molecular complexity index is 867. The van der Waals surface area contributed by atoms with E-state index in [4.69, 9.17) is 4.74 Å². The second kappa shape index (κ2) is 9.76. The summed E-state index contributed by atoms with van der Waals surface area (Å²) in [6, 6.07) is 16.9. The van der Waals surface area contributed by atoms with Gasteiger partial charge in [0.05, 0.1) is 12.5 Å². The Balaban J connectivity index is 1.26. The summed E-state index contributed by atoms with van der Waals surface area (Å²) in [5, 5.41) is 6.02. The third kappa shape index (κ3) is 6.07. The highest BCUT2D eigenvalue weighted by Crippen LogP contribution is 2.28. The number of rotatable bonds is 8. The first kappa shape index (κ1) is 20.4. The average molecular weight is 408 g/mol. The molecule has 1 aliphatic carbocycles. The molecule has 0 radical (unpaired) electrons. The number of carbonyl (C=O) groups is 2. The van der Waals surface area contributed by atoms with Gasteiger partial charge in [0.25, 0.3) is 0 Å². The second-order valence-corrected chi connectivity index (χ2v) is 8.25. The van der Waals surface area contributed by atoms with Crippen LogP contribution in [0.2, 0.25) is 0 Å². The summed E-state index contributed by atoms with van der Waals surface area (Å²) in [6.45, 7) is 2.57. The Morgan fingerprint density at radius 2 is 1.80 bits per heavy atom. The first-order valence-corrected chi connectivity index (χ1v) is 10.8. The zero-order valence-corrected chi connectivity index (χ0v) is 17.2. The van der Waals surface area contributed by atoms with Crippen LogP contribution in [-0.4, -0.2) is 42.9 Å². The van der Waals surface area contributed by atoms with Gasteiger partial charge in [0.1, 0.15) is 11.5 Å². The molecule has 1 atom stereocenters. The normalized spacial score (nSPS) is 19.1. The Hall–Kier alpha value is -2.86. The Kier molecular flexibility index (Phi) is 6.64. The smallest absolute Gasteiger partial charge is 0.238 e. The van der Waals surface area contributed by atoms with E-state index in [1.165, 1.54) is 12.8 Å². The number of nitrogens with one attached hydrogen (secondary N) is 2. The minimum Gasteiger partial charge on any atom is -0.457 e. The van der Waals surface area contributed by atoms with Crippen molar-refractivity contribution in [3.05, 3.63) is 54.6 Å². The number of para-hydroxylation sites is 1. The minimum absolute atomic E-state index is 0.0205. The van der Waals surface area contributed by atoms with Crippen LogP contribution in [0.4, 0.5) is 5.69 Å². The lowest BCUT2D eigenvalue weighted by Gasteiger charge is -2.31. The summed E-state index contributed by atoms with van der Waals surface area (Å²) in [7, 11) is 0. The quantitative estimate of drug-likeness (QED) is 0.701. The number of ether oxygens (including phenoxy) is 1. The topological polar surface area (TPSA) is 70.7 Å². The van der Waals surface area contributed by atoms with Gasteiger partial charge in [-0.3, -0.25) is 14.5 Å². The van der Waals surface area contributed by atoms with Crippen LogP contribution in [0.15, 0.2) is 54.6 Å². The molecule has 2 fully saturated rings. The Labute approximate surface area is 177 Å². The molecule has 1 unspecified atom stereocenters. The van der Waals surface area contributed by atoms with Gasteiger partial charge in [0, 0.05) is 24.8 Å². The zero-order valence-electron chi connectivity index (χ0n) is 17.2. The van der Waals surface area contributed by atoms with E-state index in [1.807, 2.05) is 54.6 Å². The van der Waals surface area contributed by atoms with E-state index >= 15 is 0 Å². The van der Waals surface area contributed by atoms with Crippen LogP contribution in [0, 0.1) is 11.8 Å². The molecule has 6 nitrogen and oxygen atoms in total. The van der Waals surface area contributed by atoms with Gasteiger partial charge in [-0.25, -0.2) is 0 Å². The number of hydrogen-bond donors (Lipinski definition) is 2. The first-order chi connectivity index (χ1) is 14.7. The standard InChI is InChI=1S/C24H29N3O3/c28-23(17-27-13-5-6-19(16-27)24(29)25-15-18-11-12-18)26-20-7-4-10-22(14-20)30-21-8-2-1-3-9-21/h1-4,7-10,14,18-19H,5-6,11-13,15-17H2,(H,25,29)(H,26,28). The molecule has 1 aliphatic heterocycles. The van der Waals surface area contributed by atoms with Crippen LogP contribution in [0.1, 0.15) is 25.7 Å². The molecule has 2 aromatic carbocycles. The van der Waals surface area contributed by atoms with Crippen molar-refractivity contribution in [1.29, 1.82) is 0 Å². The summed E-state index contributed by atoms with van der Waals surface area (Å²) in [6.07, 6.45) is 4.30. The van der Waals surface area contributed by atoms with Gasteiger partial charge in [-0.1, -0.05) is 24.3 Å². The number of anilines is 1. The summed E-state index contributed by atoms with van der Waals surface area (Å²) in [4.78, 5) is 27.0. The predicted molar refractivity (Wildman–Crippen MR) is 116 cm³/mol. The molecule has 6 heteroatoms.